The van der Waals surface area contributed by atoms with E-state index < -0.39 is 0 Å². The molecule has 0 aromatic heterocycles. The van der Waals surface area contributed by atoms with Crippen LogP contribution in [0.1, 0.15) is 18.1 Å². The standard InChI is InChI=1S/C26H24O2/c1-20(4-3-19-27)5-8-22-9-11-23(12-10-22)24-13-17-26(18-14-24)28-25-15-6-21(2)7-16-25/h3-19,27H,1-2H3/b8-5-,19-3+,20-4-. The second kappa shape index (κ2) is 9.43. The number of hydrogen-bond donors (Lipinski definition) is 1. The molecule has 1 N–H and O–H groups in total. The Morgan fingerprint density at radius 2 is 1.32 bits per heavy atom. The molecule has 2 heteroatoms. The summed E-state index contributed by atoms with van der Waals surface area (Å²) in [4.78, 5) is 0. The SMILES string of the molecule is CC(/C=C\c1ccc(-c2ccc(Oc3ccc(C)cc3)cc2)cc1)=C/C=C/O. The van der Waals surface area contributed by atoms with Gasteiger partial charge in [0.15, 0.2) is 0 Å². The normalized spacial score (nSPS) is 12.0. The van der Waals surface area contributed by atoms with Crippen LogP contribution >= 0.6 is 0 Å². The van der Waals surface area contributed by atoms with E-state index in [0.717, 1.165) is 40.0 Å². The maximum atomic E-state index is 8.68. The molecule has 3 aromatic rings. The van der Waals surface area contributed by atoms with Crippen LogP contribution in [0.5, 0.6) is 11.5 Å². The summed E-state index contributed by atoms with van der Waals surface area (Å²) in [5.74, 6) is 1.67. The molecule has 2 nitrogen and oxygen atoms in total. The number of aliphatic hydroxyl groups is 1. The van der Waals surface area contributed by atoms with Crippen LogP contribution < -0.4 is 4.74 Å². The summed E-state index contributed by atoms with van der Waals surface area (Å²) in [7, 11) is 0. The number of ether oxygens (including phenoxy) is 1. The minimum atomic E-state index is 0.825. The van der Waals surface area contributed by atoms with Crippen LogP contribution in [0.25, 0.3) is 17.2 Å². The fraction of sp³-hybridized carbons (Fsp3) is 0.0769. The molecule has 3 rings (SSSR count). The Morgan fingerprint density at radius 1 is 0.786 bits per heavy atom. The first-order chi connectivity index (χ1) is 13.6. The van der Waals surface area contributed by atoms with Crippen molar-refractivity contribution in [1.82, 2.24) is 0 Å². The van der Waals surface area contributed by atoms with E-state index in [1.807, 2.05) is 55.5 Å². The predicted octanol–water partition coefficient (Wildman–Crippen LogP) is 7.49. The summed E-state index contributed by atoms with van der Waals surface area (Å²) in [6.07, 6.45) is 8.56. The van der Waals surface area contributed by atoms with Gasteiger partial charge in [-0.3, -0.25) is 0 Å². The molecule has 140 valence electrons. The average Bonchev–Trinajstić information content (AvgIpc) is 2.73. The van der Waals surface area contributed by atoms with Gasteiger partial charge in [-0.25, -0.2) is 0 Å². The Hall–Kier alpha value is -3.52. The van der Waals surface area contributed by atoms with Crippen LogP contribution in [0.15, 0.2) is 103 Å². The summed E-state index contributed by atoms with van der Waals surface area (Å²) >= 11 is 0. The smallest absolute Gasteiger partial charge is 0.127 e. The number of rotatable bonds is 6. The first-order valence-electron chi connectivity index (χ1n) is 9.25. The van der Waals surface area contributed by atoms with Gasteiger partial charge in [0.1, 0.15) is 11.5 Å². The van der Waals surface area contributed by atoms with E-state index in [-0.39, 0.29) is 0 Å². The average molecular weight is 368 g/mol. The quantitative estimate of drug-likeness (QED) is 0.361. The van der Waals surface area contributed by atoms with Gasteiger partial charge in [-0.2, -0.15) is 0 Å². The molecule has 0 amide bonds. The van der Waals surface area contributed by atoms with Gasteiger partial charge in [-0.05, 0) is 60.9 Å². The van der Waals surface area contributed by atoms with E-state index >= 15 is 0 Å². The zero-order valence-electron chi connectivity index (χ0n) is 16.2. The fourth-order valence-electron chi connectivity index (χ4n) is 2.72. The van der Waals surface area contributed by atoms with Gasteiger partial charge in [-0.15, -0.1) is 0 Å². The van der Waals surface area contributed by atoms with E-state index in [1.54, 1.807) is 6.08 Å². The highest BCUT2D eigenvalue weighted by Gasteiger charge is 2.00. The molecule has 3 aromatic carbocycles. The van der Waals surface area contributed by atoms with Crippen molar-refractivity contribution in [2.75, 3.05) is 0 Å². The molecule has 0 aliphatic carbocycles. The number of benzene rings is 3. The van der Waals surface area contributed by atoms with Crippen LogP contribution in [-0.2, 0) is 0 Å². The van der Waals surface area contributed by atoms with Crippen LogP contribution in [0.2, 0.25) is 0 Å². The Bertz CT molecular complexity index is 974. The molecule has 0 atom stereocenters. The minimum Gasteiger partial charge on any atom is -0.516 e. The molecule has 0 saturated carbocycles. The van der Waals surface area contributed by atoms with Crippen molar-refractivity contribution in [3.63, 3.8) is 0 Å². The van der Waals surface area contributed by atoms with E-state index in [1.165, 1.54) is 5.56 Å². The molecule has 28 heavy (non-hydrogen) atoms. The maximum Gasteiger partial charge on any atom is 0.127 e. The zero-order chi connectivity index (χ0) is 19.8. The lowest BCUT2D eigenvalue weighted by atomic mass is 10.0. The molecule has 0 saturated heterocycles. The minimum absolute atomic E-state index is 0.825. The van der Waals surface area contributed by atoms with Gasteiger partial charge in [-0.1, -0.05) is 77.9 Å². The van der Waals surface area contributed by atoms with Crippen molar-refractivity contribution in [2.24, 2.45) is 0 Å². The van der Waals surface area contributed by atoms with Crippen molar-refractivity contribution in [2.45, 2.75) is 13.8 Å². The zero-order valence-corrected chi connectivity index (χ0v) is 16.2. The largest absolute Gasteiger partial charge is 0.516 e. The van der Waals surface area contributed by atoms with Crippen molar-refractivity contribution >= 4 is 6.08 Å². The third kappa shape index (κ3) is 5.49. The number of hydrogen-bond acceptors (Lipinski definition) is 2. The third-order valence-corrected chi connectivity index (χ3v) is 4.34. The second-order valence-corrected chi connectivity index (χ2v) is 6.65. The lowest BCUT2D eigenvalue weighted by molar-refractivity contribution is 0.473. The molecule has 0 aliphatic heterocycles. The molecule has 0 heterocycles. The summed E-state index contributed by atoms with van der Waals surface area (Å²) in [6, 6.07) is 24.6. The van der Waals surface area contributed by atoms with Crippen LogP contribution in [0.4, 0.5) is 0 Å². The van der Waals surface area contributed by atoms with E-state index in [0.29, 0.717) is 0 Å². The van der Waals surface area contributed by atoms with Gasteiger partial charge in [0, 0.05) is 0 Å². The first-order valence-corrected chi connectivity index (χ1v) is 9.25. The van der Waals surface area contributed by atoms with E-state index in [9.17, 15) is 0 Å². The molecule has 0 unspecified atom stereocenters. The van der Waals surface area contributed by atoms with Crippen LogP contribution in [-0.4, -0.2) is 5.11 Å². The van der Waals surface area contributed by atoms with E-state index in [2.05, 4.69) is 49.4 Å². The van der Waals surface area contributed by atoms with Crippen molar-refractivity contribution in [3.05, 3.63) is 114 Å². The molecule has 0 bridgehead atoms. The Kier molecular flexibility index (Phi) is 6.48. The molecule has 0 spiro atoms. The third-order valence-electron chi connectivity index (χ3n) is 4.34. The van der Waals surface area contributed by atoms with Gasteiger partial charge in [0.05, 0.1) is 6.26 Å². The van der Waals surface area contributed by atoms with Gasteiger partial charge in [0.25, 0.3) is 0 Å². The van der Waals surface area contributed by atoms with E-state index in [4.69, 9.17) is 9.84 Å². The highest BCUT2D eigenvalue weighted by molar-refractivity contribution is 5.66. The maximum absolute atomic E-state index is 8.68. The molecular formula is C26H24O2. The Labute approximate surface area is 166 Å². The monoisotopic (exact) mass is 368 g/mol. The molecular weight excluding hydrogens is 344 g/mol. The lowest BCUT2D eigenvalue weighted by Gasteiger charge is -2.08. The predicted molar refractivity (Wildman–Crippen MR) is 118 cm³/mol. The highest BCUT2D eigenvalue weighted by atomic mass is 16.5. The Balaban J connectivity index is 1.66. The Morgan fingerprint density at radius 3 is 1.89 bits per heavy atom. The summed E-state index contributed by atoms with van der Waals surface area (Å²) < 4.78 is 5.89. The molecule has 0 radical (unpaired) electrons. The topological polar surface area (TPSA) is 29.5 Å². The number of aryl methyl sites for hydroxylation is 1. The molecule has 0 aliphatic rings. The summed E-state index contributed by atoms with van der Waals surface area (Å²) in [6.45, 7) is 4.05. The van der Waals surface area contributed by atoms with Crippen molar-refractivity contribution < 1.29 is 9.84 Å². The van der Waals surface area contributed by atoms with Crippen LogP contribution in [0.3, 0.4) is 0 Å². The lowest BCUT2D eigenvalue weighted by Crippen LogP contribution is -1.85. The van der Waals surface area contributed by atoms with Crippen molar-refractivity contribution in [3.8, 4) is 22.6 Å². The van der Waals surface area contributed by atoms with Gasteiger partial charge < -0.3 is 9.84 Å². The number of aliphatic hydroxyl groups excluding tert-OH is 1. The summed E-state index contributed by atoms with van der Waals surface area (Å²) in [5.41, 5.74) is 5.72. The summed E-state index contributed by atoms with van der Waals surface area (Å²) in [5, 5.41) is 8.68. The van der Waals surface area contributed by atoms with Crippen molar-refractivity contribution in [1.29, 1.82) is 0 Å². The van der Waals surface area contributed by atoms with Crippen LogP contribution in [0, 0.1) is 6.92 Å². The van der Waals surface area contributed by atoms with Gasteiger partial charge >= 0.3 is 0 Å². The highest BCUT2D eigenvalue weighted by Crippen LogP contribution is 2.26. The first kappa shape index (κ1) is 19.2. The fourth-order valence-corrected chi connectivity index (χ4v) is 2.72. The number of allylic oxidation sites excluding steroid dienone is 4. The molecule has 0 fully saturated rings. The van der Waals surface area contributed by atoms with Gasteiger partial charge in [0.2, 0.25) is 0 Å². The second-order valence-electron chi connectivity index (χ2n) is 6.65.